The highest BCUT2D eigenvalue weighted by Crippen LogP contribution is 2.22. The second kappa shape index (κ2) is 8.22. The third-order valence-corrected chi connectivity index (χ3v) is 6.43. The maximum Gasteiger partial charge on any atom is 0.282 e. The summed E-state index contributed by atoms with van der Waals surface area (Å²) in [4.78, 5) is 12.1. The summed E-state index contributed by atoms with van der Waals surface area (Å²) in [7, 11) is -3.72. The largest absolute Gasteiger partial charge is 0.467 e. The predicted octanol–water partition coefficient (Wildman–Crippen LogP) is 2.00. The molecule has 0 aliphatic carbocycles. The molecule has 1 saturated heterocycles. The molecule has 26 heavy (non-hydrogen) atoms. The van der Waals surface area contributed by atoms with Gasteiger partial charge in [-0.15, -0.1) is 0 Å². The van der Waals surface area contributed by atoms with Crippen LogP contribution in [-0.2, 0) is 28.1 Å². The van der Waals surface area contributed by atoms with Crippen LogP contribution in [0.2, 0.25) is 5.02 Å². The van der Waals surface area contributed by atoms with E-state index in [0.29, 0.717) is 30.3 Å². The lowest BCUT2D eigenvalue weighted by Crippen LogP contribution is -2.52. The molecular weight excluding hydrogens is 378 g/mol. The van der Waals surface area contributed by atoms with Gasteiger partial charge in [0.2, 0.25) is 5.91 Å². The van der Waals surface area contributed by atoms with E-state index in [0.717, 1.165) is 5.56 Å². The lowest BCUT2D eigenvalue weighted by molar-refractivity contribution is -0.121. The van der Waals surface area contributed by atoms with Crippen LogP contribution in [0.25, 0.3) is 0 Å². The summed E-state index contributed by atoms with van der Waals surface area (Å²) < 4.78 is 33.3. The summed E-state index contributed by atoms with van der Waals surface area (Å²) in [5.41, 5.74) is 0.738. The van der Waals surface area contributed by atoms with Crippen molar-refractivity contribution in [1.82, 2.24) is 13.9 Å². The van der Waals surface area contributed by atoms with Crippen LogP contribution < -0.4 is 5.32 Å². The van der Waals surface area contributed by atoms with E-state index in [4.69, 9.17) is 16.0 Å². The molecule has 0 radical (unpaired) electrons. The zero-order valence-electron chi connectivity index (χ0n) is 14.1. The summed E-state index contributed by atoms with van der Waals surface area (Å²) in [6, 6.07) is 10.6. The van der Waals surface area contributed by atoms with E-state index in [1.54, 1.807) is 30.3 Å². The van der Waals surface area contributed by atoms with Crippen molar-refractivity contribution in [3.8, 4) is 0 Å². The number of benzene rings is 1. The first-order valence-corrected chi connectivity index (χ1v) is 10.0. The Bertz CT molecular complexity index is 855. The molecule has 1 aromatic carbocycles. The second-order valence-electron chi connectivity index (χ2n) is 5.98. The van der Waals surface area contributed by atoms with Crippen molar-refractivity contribution < 1.29 is 17.6 Å². The summed E-state index contributed by atoms with van der Waals surface area (Å²) >= 11 is 6.14. The standard InChI is InChI=1S/C17H20ClN3O4S/c18-16-7-2-1-5-14(16)12-20-8-4-9-21(26(20,23)24)13-17(22)19-11-15-6-3-10-25-15/h1-3,5-7,10H,4,8-9,11-13H2,(H,19,22). The van der Waals surface area contributed by atoms with E-state index in [-0.39, 0.29) is 25.5 Å². The number of hydrogen-bond donors (Lipinski definition) is 1. The van der Waals surface area contributed by atoms with Gasteiger partial charge in [0.15, 0.2) is 0 Å². The summed E-state index contributed by atoms with van der Waals surface area (Å²) in [5.74, 6) is 0.241. The average Bonchev–Trinajstić information content (AvgIpc) is 3.12. The van der Waals surface area contributed by atoms with Crippen LogP contribution in [0.15, 0.2) is 47.1 Å². The molecule has 2 aromatic rings. The molecular formula is C17H20ClN3O4S. The minimum absolute atomic E-state index is 0.187. The molecule has 0 saturated carbocycles. The fourth-order valence-electron chi connectivity index (χ4n) is 2.77. The van der Waals surface area contributed by atoms with Crippen LogP contribution >= 0.6 is 11.6 Å². The average molecular weight is 398 g/mol. The van der Waals surface area contributed by atoms with Crippen LogP contribution in [0, 0.1) is 0 Å². The van der Waals surface area contributed by atoms with Crippen molar-refractivity contribution in [2.24, 2.45) is 0 Å². The lowest BCUT2D eigenvalue weighted by Gasteiger charge is -2.34. The molecule has 1 aliphatic rings. The predicted molar refractivity (Wildman–Crippen MR) is 97.5 cm³/mol. The van der Waals surface area contributed by atoms with Gasteiger partial charge in [-0.3, -0.25) is 4.79 Å². The quantitative estimate of drug-likeness (QED) is 0.808. The number of carbonyl (C=O) groups excluding carboxylic acids is 1. The lowest BCUT2D eigenvalue weighted by atomic mass is 10.2. The SMILES string of the molecule is O=C(CN1CCCN(Cc2ccccc2Cl)S1(=O)=O)NCc1ccco1. The zero-order chi connectivity index (χ0) is 18.6. The second-order valence-corrected chi connectivity index (χ2v) is 8.31. The Morgan fingerprint density at radius 2 is 1.92 bits per heavy atom. The first-order chi connectivity index (χ1) is 12.5. The van der Waals surface area contributed by atoms with E-state index in [2.05, 4.69) is 5.32 Å². The van der Waals surface area contributed by atoms with Gasteiger partial charge in [0.25, 0.3) is 10.2 Å². The number of nitrogens with one attached hydrogen (secondary N) is 1. The molecule has 0 unspecified atom stereocenters. The Morgan fingerprint density at radius 1 is 1.15 bits per heavy atom. The molecule has 3 rings (SSSR count). The number of hydrogen-bond acceptors (Lipinski definition) is 4. The van der Waals surface area contributed by atoms with Gasteiger partial charge in [-0.1, -0.05) is 29.8 Å². The van der Waals surface area contributed by atoms with Crippen LogP contribution in [0.1, 0.15) is 17.7 Å². The van der Waals surface area contributed by atoms with E-state index in [9.17, 15) is 13.2 Å². The number of rotatable bonds is 6. The molecule has 1 amide bonds. The molecule has 7 nitrogen and oxygen atoms in total. The van der Waals surface area contributed by atoms with Gasteiger partial charge < -0.3 is 9.73 Å². The topological polar surface area (TPSA) is 82.9 Å². The van der Waals surface area contributed by atoms with Gasteiger partial charge in [0, 0.05) is 24.7 Å². The Morgan fingerprint density at radius 3 is 2.65 bits per heavy atom. The fourth-order valence-corrected chi connectivity index (χ4v) is 4.59. The summed E-state index contributed by atoms with van der Waals surface area (Å²) in [6.07, 6.45) is 2.17. The number of carbonyl (C=O) groups is 1. The molecule has 1 aromatic heterocycles. The van der Waals surface area contributed by atoms with Crippen molar-refractivity contribution in [3.63, 3.8) is 0 Å². The Hall–Kier alpha value is -1.87. The maximum atomic E-state index is 12.8. The molecule has 0 bridgehead atoms. The Labute approximate surface area is 157 Å². The van der Waals surface area contributed by atoms with Crippen molar-refractivity contribution in [1.29, 1.82) is 0 Å². The minimum atomic E-state index is -3.72. The van der Waals surface area contributed by atoms with E-state index in [1.807, 2.05) is 6.07 Å². The fraction of sp³-hybridized carbons (Fsp3) is 0.353. The third-order valence-electron chi connectivity index (χ3n) is 4.13. The maximum absolute atomic E-state index is 12.8. The first-order valence-electron chi connectivity index (χ1n) is 8.24. The summed E-state index contributed by atoms with van der Waals surface area (Å²) in [6.45, 7) is 0.908. The van der Waals surface area contributed by atoms with Crippen molar-refractivity contribution >= 4 is 27.7 Å². The van der Waals surface area contributed by atoms with Gasteiger partial charge in [-0.2, -0.15) is 17.0 Å². The van der Waals surface area contributed by atoms with Gasteiger partial charge in [0.1, 0.15) is 5.76 Å². The molecule has 0 atom stereocenters. The van der Waals surface area contributed by atoms with Crippen LogP contribution in [0.3, 0.4) is 0 Å². The monoisotopic (exact) mass is 397 g/mol. The van der Waals surface area contributed by atoms with E-state index in [1.165, 1.54) is 14.9 Å². The molecule has 1 fully saturated rings. The van der Waals surface area contributed by atoms with Crippen molar-refractivity contribution in [2.45, 2.75) is 19.5 Å². The number of halogens is 1. The minimum Gasteiger partial charge on any atom is -0.467 e. The molecule has 1 aliphatic heterocycles. The third kappa shape index (κ3) is 4.45. The normalized spacial score (nSPS) is 17.9. The highest BCUT2D eigenvalue weighted by Gasteiger charge is 2.34. The number of nitrogens with zero attached hydrogens (tertiary/aromatic N) is 2. The highest BCUT2D eigenvalue weighted by atomic mass is 35.5. The van der Waals surface area contributed by atoms with Crippen LogP contribution in [0.5, 0.6) is 0 Å². The smallest absolute Gasteiger partial charge is 0.282 e. The zero-order valence-corrected chi connectivity index (χ0v) is 15.7. The van der Waals surface area contributed by atoms with Gasteiger partial charge >= 0.3 is 0 Å². The molecule has 2 heterocycles. The van der Waals surface area contributed by atoms with Crippen LogP contribution in [-0.4, -0.2) is 42.6 Å². The van der Waals surface area contributed by atoms with Crippen molar-refractivity contribution in [2.75, 3.05) is 19.6 Å². The van der Waals surface area contributed by atoms with Gasteiger partial charge in [-0.05, 0) is 30.2 Å². The van der Waals surface area contributed by atoms with Crippen molar-refractivity contribution in [3.05, 3.63) is 59.0 Å². The van der Waals surface area contributed by atoms with E-state index < -0.39 is 10.2 Å². The molecule has 140 valence electrons. The first kappa shape index (κ1) is 18.9. The molecule has 9 heteroatoms. The van der Waals surface area contributed by atoms with Gasteiger partial charge in [-0.25, -0.2) is 0 Å². The highest BCUT2D eigenvalue weighted by molar-refractivity contribution is 7.86. The Kier molecular flexibility index (Phi) is 5.98. The van der Waals surface area contributed by atoms with Crippen LogP contribution in [0.4, 0.5) is 0 Å². The van der Waals surface area contributed by atoms with Gasteiger partial charge in [0.05, 0.1) is 19.4 Å². The number of furan rings is 1. The Balaban J connectivity index is 1.62. The molecule has 0 spiro atoms. The summed E-state index contributed by atoms with van der Waals surface area (Å²) in [5, 5.41) is 3.19. The molecule has 1 N–H and O–H groups in total. The number of amides is 1. The van der Waals surface area contributed by atoms with E-state index >= 15 is 0 Å².